The third kappa shape index (κ3) is 4.08. The summed E-state index contributed by atoms with van der Waals surface area (Å²) < 4.78 is 13.5. The van der Waals surface area contributed by atoms with E-state index in [-0.39, 0.29) is 10.6 Å². The molecule has 1 aromatic rings. The lowest BCUT2D eigenvalue weighted by atomic mass is 10.2. The first-order valence-corrected chi connectivity index (χ1v) is 5.70. The van der Waals surface area contributed by atoms with Crippen molar-refractivity contribution in [1.82, 2.24) is 5.32 Å². The van der Waals surface area contributed by atoms with Gasteiger partial charge in [0, 0.05) is 13.0 Å². The second-order valence-corrected chi connectivity index (χ2v) is 3.93. The van der Waals surface area contributed by atoms with Crippen molar-refractivity contribution in [3.8, 4) is 12.3 Å². The summed E-state index contributed by atoms with van der Waals surface area (Å²) >= 11 is 5.58. The molecule has 0 fully saturated rings. The summed E-state index contributed by atoms with van der Waals surface area (Å²) in [7, 11) is 0. The second kappa shape index (κ2) is 6.93. The zero-order valence-corrected chi connectivity index (χ0v) is 10.1. The molecule has 0 unspecified atom stereocenters. The fourth-order valence-corrected chi connectivity index (χ4v) is 1.50. The Balaban J connectivity index is 2.48. The van der Waals surface area contributed by atoms with Crippen LogP contribution < -0.4 is 5.32 Å². The molecule has 0 radical (unpaired) electrons. The predicted molar refractivity (Wildman–Crippen MR) is 66.4 cm³/mol. The standard InChI is InChI=1S/C13H13ClFNO/c1-2-3-4-5-9-16-13(17)10-7-6-8-11(14)12(10)15/h1,6-8H,3-5,9H2,(H,16,17). The van der Waals surface area contributed by atoms with Crippen molar-refractivity contribution in [1.29, 1.82) is 0 Å². The largest absolute Gasteiger partial charge is 0.352 e. The lowest BCUT2D eigenvalue weighted by Crippen LogP contribution is -2.25. The number of carbonyl (C=O) groups excluding carboxylic acids is 1. The highest BCUT2D eigenvalue weighted by Gasteiger charge is 2.12. The fourth-order valence-electron chi connectivity index (χ4n) is 1.33. The molecule has 1 rings (SSSR count). The quantitative estimate of drug-likeness (QED) is 0.634. The van der Waals surface area contributed by atoms with Crippen molar-refractivity contribution in [3.05, 3.63) is 34.6 Å². The number of terminal acetylenes is 1. The van der Waals surface area contributed by atoms with Crippen LogP contribution in [0.1, 0.15) is 29.6 Å². The fraction of sp³-hybridized carbons (Fsp3) is 0.308. The van der Waals surface area contributed by atoms with E-state index in [1.54, 1.807) is 6.07 Å². The Morgan fingerprint density at radius 1 is 1.47 bits per heavy atom. The lowest BCUT2D eigenvalue weighted by molar-refractivity contribution is 0.0949. The summed E-state index contributed by atoms with van der Waals surface area (Å²) in [5, 5.41) is 2.57. The highest BCUT2D eigenvalue weighted by molar-refractivity contribution is 6.31. The molecular formula is C13H13ClFNO. The molecule has 0 aliphatic heterocycles. The van der Waals surface area contributed by atoms with E-state index in [1.165, 1.54) is 12.1 Å². The molecule has 90 valence electrons. The van der Waals surface area contributed by atoms with Gasteiger partial charge in [0.1, 0.15) is 0 Å². The number of benzene rings is 1. The maximum atomic E-state index is 13.5. The van der Waals surface area contributed by atoms with Crippen LogP contribution in [0.2, 0.25) is 5.02 Å². The molecule has 0 aliphatic rings. The maximum absolute atomic E-state index is 13.5. The van der Waals surface area contributed by atoms with Gasteiger partial charge in [-0.05, 0) is 25.0 Å². The number of amides is 1. The number of halogens is 2. The van der Waals surface area contributed by atoms with E-state index >= 15 is 0 Å². The van der Waals surface area contributed by atoms with Gasteiger partial charge in [0.15, 0.2) is 5.82 Å². The number of carbonyl (C=O) groups is 1. The lowest BCUT2D eigenvalue weighted by Gasteiger charge is -2.06. The molecule has 0 saturated heterocycles. The molecule has 0 bridgehead atoms. The molecule has 1 N–H and O–H groups in total. The Hall–Kier alpha value is -1.53. The van der Waals surface area contributed by atoms with Crippen LogP contribution in [0, 0.1) is 18.2 Å². The maximum Gasteiger partial charge on any atom is 0.254 e. The first-order valence-electron chi connectivity index (χ1n) is 5.32. The minimum absolute atomic E-state index is 0.0329. The zero-order valence-electron chi connectivity index (χ0n) is 9.30. The van der Waals surface area contributed by atoms with Gasteiger partial charge in [-0.15, -0.1) is 12.3 Å². The molecule has 0 atom stereocenters. The molecule has 0 spiro atoms. The van der Waals surface area contributed by atoms with E-state index in [1.807, 2.05) is 0 Å². The van der Waals surface area contributed by atoms with E-state index in [4.69, 9.17) is 18.0 Å². The number of hydrogen-bond acceptors (Lipinski definition) is 1. The van der Waals surface area contributed by atoms with Crippen molar-refractivity contribution in [2.24, 2.45) is 0 Å². The summed E-state index contributed by atoms with van der Waals surface area (Å²) in [4.78, 5) is 11.6. The van der Waals surface area contributed by atoms with E-state index < -0.39 is 11.7 Å². The monoisotopic (exact) mass is 253 g/mol. The van der Waals surface area contributed by atoms with Crippen LogP contribution in [0.5, 0.6) is 0 Å². The van der Waals surface area contributed by atoms with Crippen LogP contribution >= 0.6 is 11.6 Å². The third-order valence-corrected chi connectivity index (χ3v) is 2.52. The third-order valence-electron chi connectivity index (χ3n) is 2.23. The van der Waals surface area contributed by atoms with Crippen molar-refractivity contribution in [3.63, 3.8) is 0 Å². The smallest absolute Gasteiger partial charge is 0.254 e. The summed E-state index contributed by atoms with van der Waals surface area (Å²) in [6.45, 7) is 0.479. The Labute approximate surface area is 105 Å². The van der Waals surface area contributed by atoms with E-state index in [0.717, 1.165) is 12.8 Å². The van der Waals surface area contributed by atoms with Gasteiger partial charge in [-0.1, -0.05) is 17.7 Å². The Morgan fingerprint density at radius 2 is 2.24 bits per heavy atom. The van der Waals surface area contributed by atoms with E-state index in [2.05, 4.69) is 11.2 Å². The molecule has 0 aromatic heterocycles. The Morgan fingerprint density at radius 3 is 2.94 bits per heavy atom. The summed E-state index contributed by atoms with van der Waals surface area (Å²) in [6.07, 6.45) is 7.40. The summed E-state index contributed by atoms with van der Waals surface area (Å²) in [5.74, 6) is 1.38. The SMILES string of the molecule is C#CCCCCNC(=O)c1cccc(Cl)c1F. The van der Waals surface area contributed by atoms with E-state index in [9.17, 15) is 9.18 Å². The topological polar surface area (TPSA) is 29.1 Å². The van der Waals surface area contributed by atoms with Gasteiger partial charge in [-0.3, -0.25) is 4.79 Å². The van der Waals surface area contributed by atoms with Crippen LogP contribution in [-0.2, 0) is 0 Å². The average Bonchev–Trinajstić information content (AvgIpc) is 2.32. The molecule has 4 heteroatoms. The minimum atomic E-state index is -0.685. The number of rotatable bonds is 5. The van der Waals surface area contributed by atoms with Crippen molar-refractivity contribution < 1.29 is 9.18 Å². The van der Waals surface area contributed by atoms with Gasteiger partial charge < -0.3 is 5.32 Å². The van der Waals surface area contributed by atoms with Gasteiger partial charge in [0.05, 0.1) is 10.6 Å². The van der Waals surface area contributed by atoms with Crippen LogP contribution in [0.15, 0.2) is 18.2 Å². The number of nitrogens with one attached hydrogen (secondary N) is 1. The average molecular weight is 254 g/mol. The van der Waals surface area contributed by atoms with Crippen LogP contribution in [0.25, 0.3) is 0 Å². The molecule has 0 aliphatic carbocycles. The normalized spacial score (nSPS) is 9.71. The van der Waals surface area contributed by atoms with Gasteiger partial charge in [-0.2, -0.15) is 0 Å². The van der Waals surface area contributed by atoms with Crippen molar-refractivity contribution in [2.45, 2.75) is 19.3 Å². The molecule has 1 amide bonds. The van der Waals surface area contributed by atoms with Crippen LogP contribution in [0.4, 0.5) is 4.39 Å². The van der Waals surface area contributed by atoms with Crippen molar-refractivity contribution in [2.75, 3.05) is 6.54 Å². The number of unbranched alkanes of at least 4 members (excludes halogenated alkanes) is 2. The minimum Gasteiger partial charge on any atom is -0.352 e. The highest BCUT2D eigenvalue weighted by atomic mass is 35.5. The zero-order chi connectivity index (χ0) is 12.7. The van der Waals surface area contributed by atoms with Crippen LogP contribution in [0.3, 0.4) is 0 Å². The van der Waals surface area contributed by atoms with E-state index in [0.29, 0.717) is 13.0 Å². The molecule has 2 nitrogen and oxygen atoms in total. The van der Waals surface area contributed by atoms with Gasteiger partial charge in [0.25, 0.3) is 5.91 Å². The Bertz CT molecular complexity index is 440. The van der Waals surface area contributed by atoms with Gasteiger partial charge >= 0.3 is 0 Å². The Kier molecular flexibility index (Phi) is 5.51. The molecule has 0 saturated carbocycles. The van der Waals surface area contributed by atoms with Gasteiger partial charge in [-0.25, -0.2) is 4.39 Å². The van der Waals surface area contributed by atoms with Crippen molar-refractivity contribution >= 4 is 17.5 Å². The van der Waals surface area contributed by atoms with Crippen LogP contribution in [-0.4, -0.2) is 12.5 Å². The highest BCUT2D eigenvalue weighted by Crippen LogP contribution is 2.17. The molecule has 0 heterocycles. The predicted octanol–water partition coefficient (Wildman–Crippen LogP) is 3.01. The number of hydrogen-bond donors (Lipinski definition) is 1. The second-order valence-electron chi connectivity index (χ2n) is 3.52. The van der Waals surface area contributed by atoms with Gasteiger partial charge in [0.2, 0.25) is 0 Å². The summed E-state index contributed by atoms with van der Waals surface area (Å²) in [5.41, 5.74) is -0.0329. The molecule has 17 heavy (non-hydrogen) atoms. The molecular weight excluding hydrogens is 241 g/mol. The first-order chi connectivity index (χ1) is 8.16. The summed E-state index contributed by atoms with van der Waals surface area (Å²) in [6, 6.07) is 4.34. The molecule has 1 aromatic carbocycles. The first kappa shape index (κ1) is 13.5.